The van der Waals surface area contributed by atoms with Crippen molar-refractivity contribution in [1.82, 2.24) is 4.98 Å². The second-order valence-corrected chi connectivity index (χ2v) is 3.60. The number of rotatable bonds is 6. The third-order valence-corrected chi connectivity index (χ3v) is 2.38. The molecule has 1 aromatic heterocycles. The maximum Gasteiger partial charge on any atom is 0.0733 e. The summed E-state index contributed by atoms with van der Waals surface area (Å²) in [6.45, 7) is 2.15. The number of carboxylic acids is 1. The van der Waals surface area contributed by atoms with E-state index in [4.69, 9.17) is 0 Å². The van der Waals surface area contributed by atoms with E-state index < -0.39 is 5.97 Å². The number of hydrogen-bond acceptors (Lipinski definition) is 3. The maximum atomic E-state index is 10.8. The highest BCUT2D eigenvalue weighted by molar-refractivity contribution is 5.86. The molecule has 15 heavy (non-hydrogen) atoms. The zero-order valence-corrected chi connectivity index (χ0v) is 9.03. The summed E-state index contributed by atoms with van der Waals surface area (Å²) < 4.78 is 0. The number of aromatic nitrogens is 1. The molecule has 0 aliphatic carbocycles. The normalized spacial score (nSPS) is 10.2. The van der Waals surface area contributed by atoms with Crippen molar-refractivity contribution in [2.75, 3.05) is 0 Å². The zero-order chi connectivity index (χ0) is 11.1. The summed E-state index contributed by atoms with van der Waals surface area (Å²) in [5.74, 6) is -1.13. The molecule has 0 unspecified atom stereocenters. The number of nitrogens with zero attached hydrogens (tertiary/aromatic N) is 1. The van der Waals surface area contributed by atoms with Crippen molar-refractivity contribution in [2.24, 2.45) is 0 Å². The lowest BCUT2D eigenvalue weighted by Gasteiger charge is -2.08. The fraction of sp³-hybridized carbons (Fsp3) is 0.500. The Bertz CT molecular complexity index is 323. The number of carboxylic acid groups (broad SMARTS) is 1. The molecule has 3 heteroatoms. The van der Waals surface area contributed by atoms with Gasteiger partial charge in [0.2, 0.25) is 0 Å². The SMILES string of the molecule is CCCCCCc1ncccc1C(=O)[O-]. The lowest BCUT2D eigenvalue weighted by atomic mass is 10.1. The van der Waals surface area contributed by atoms with Gasteiger partial charge in [0.05, 0.1) is 5.97 Å². The molecule has 0 saturated carbocycles. The van der Waals surface area contributed by atoms with Gasteiger partial charge in [-0.3, -0.25) is 4.98 Å². The van der Waals surface area contributed by atoms with Crippen molar-refractivity contribution in [2.45, 2.75) is 39.0 Å². The Kier molecular flexibility index (Phi) is 4.81. The van der Waals surface area contributed by atoms with Crippen molar-refractivity contribution in [3.8, 4) is 0 Å². The van der Waals surface area contributed by atoms with Crippen LogP contribution in [0.1, 0.15) is 48.7 Å². The number of pyridine rings is 1. The summed E-state index contributed by atoms with van der Waals surface area (Å²) in [7, 11) is 0. The lowest BCUT2D eigenvalue weighted by Crippen LogP contribution is -2.24. The van der Waals surface area contributed by atoms with E-state index in [2.05, 4.69) is 11.9 Å². The number of carbonyl (C=O) groups excluding carboxylic acids is 1. The summed E-state index contributed by atoms with van der Waals surface area (Å²) in [5.41, 5.74) is 0.877. The van der Waals surface area contributed by atoms with Crippen LogP contribution in [0.15, 0.2) is 18.3 Å². The Hall–Kier alpha value is -1.38. The second-order valence-electron chi connectivity index (χ2n) is 3.60. The number of aryl methyl sites for hydroxylation is 1. The van der Waals surface area contributed by atoms with Gasteiger partial charge >= 0.3 is 0 Å². The molecule has 3 nitrogen and oxygen atoms in total. The van der Waals surface area contributed by atoms with Crippen LogP contribution in [0.25, 0.3) is 0 Å². The molecule has 0 aromatic carbocycles. The fourth-order valence-corrected chi connectivity index (χ4v) is 1.54. The molecule has 0 bridgehead atoms. The maximum absolute atomic E-state index is 10.8. The molecule has 82 valence electrons. The van der Waals surface area contributed by atoms with Crippen LogP contribution in [-0.2, 0) is 6.42 Å². The van der Waals surface area contributed by atoms with E-state index in [1.807, 2.05) is 0 Å². The first-order chi connectivity index (χ1) is 7.25. The predicted molar refractivity (Wildman–Crippen MR) is 56.4 cm³/mol. The minimum atomic E-state index is -1.13. The molecule has 0 aliphatic rings. The van der Waals surface area contributed by atoms with Crippen LogP contribution in [0.5, 0.6) is 0 Å². The number of unbranched alkanes of at least 4 members (excludes halogenated alkanes) is 3. The van der Waals surface area contributed by atoms with Gasteiger partial charge in [0, 0.05) is 17.5 Å². The molecule has 1 rings (SSSR count). The predicted octanol–water partition coefficient (Wildman–Crippen LogP) is 1.57. The van der Waals surface area contributed by atoms with Gasteiger partial charge in [-0.05, 0) is 25.0 Å². The lowest BCUT2D eigenvalue weighted by molar-refractivity contribution is -0.255. The van der Waals surface area contributed by atoms with E-state index >= 15 is 0 Å². The van der Waals surface area contributed by atoms with Crippen LogP contribution in [0.2, 0.25) is 0 Å². The zero-order valence-electron chi connectivity index (χ0n) is 9.03. The molecule has 0 N–H and O–H groups in total. The topological polar surface area (TPSA) is 53.0 Å². The number of hydrogen-bond donors (Lipinski definition) is 0. The van der Waals surface area contributed by atoms with E-state index in [1.165, 1.54) is 12.8 Å². The van der Waals surface area contributed by atoms with Crippen LogP contribution in [0.3, 0.4) is 0 Å². The monoisotopic (exact) mass is 206 g/mol. The Morgan fingerprint density at radius 1 is 1.40 bits per heavy atom. The molecular formula is C12H16NO2-. The summed E-state index contributed by atoms with van der Waals surface area (Å²) in [6, 6.07) is 3.18. The highest BCUT2D eigenvalue weighted by atomic mass is 16.4. The molecule has 1 heterocycles. The average Bonchev–Trinajstić information content (AvgIpc) is 2.25. The minimum Gasteiger partial charge on any atom is -0.545 e. The van der Waals surface area contributed by atoms with Crippen LogP contribution in [0, 0.1) is 0 Å². The molecule has 0 aliphatic heterocycles. The molecule has 0 fully saturated rings. The van der Waals surface area contributed by atoms with Gasteiger partial charge in [-0.25, -0.2) is 0 Å². The summed E-state index contributed by atoms with van der Waals surface area (Å²) in [5, 5.41) is 10.8. The molecule has 0 amide bonds. The highest BCUT2D eigenvalue weighted by Gasteiger charge is 2.03. The van der Waals surface area contributed by atoms with Crippen molar-refractivity contribution in [3.63, 3.8) is 0 Å². The molecule has 1 aromatic rings. The Labute approximate surface area is 90.2 Å². The third kappa shape index (κ3) is 3.70. The van der Waals surface area contributed by atoms with E-state index in [9.17, 15) is 9.90 Å². The standard InChI is InChI=1S/C12H17NO2/c1-2-3-4-5-8-11-10(12(14)15)7-6-9-13-11/h6-7,9H,2-5,8H2,1H3,(H,14,15)/p-1. The summed E-state index contributed by atoms with van der Waals surface area (Å²) in [4.78, 5) is 14.8. The van der Waals surface area contributed by atoms with Gasteiger partial charge in [0.25, 0.3) is 0 Å². The van der Waals surface area contributed by atoms with Crippen LogP contribution >= 0.6 is 0 Å². The van der Waals surface area contributed by atoms with Gasteiger partial charge in [0.1, 0.15) is 0 Å². The van der Waals surface area contributed by atoms with Crippen LogP contribution < -0.4 is 5.11 Å². The number of carbonyl (C=O) groups is 1. The van der Waals surface area contributed by atoms with Crippen LogP contribution in [0.4, 0.5) is 0 Å². The van der Waals surface area contributed by atoms with E-state index in [-0.39, 0.29) is 5.56 Å². The van der Waals surface area contributed by atoms with Gasteiger partial charge in [-0.1, -0.05) is 26.2 Å². The first-order valence-electron chi connectivity index (χ1n) is 5.41. The van der Waals surface area contributed by atoms with Gasteiger partial charge in [-0.2, -0.15) is 0 Å². The average molecular weight is 206 g/mol. The molecule has 0 saturated heterocycles. The minimum absolute atomic E-state index is 0.231. The van der Waals surface area contributed by atoms with Crippen molar-refractivity contribution in [1.29, 1.82) is 0 Å². The Morgan fingerprint density at radius 3 is 2.87 bits per heavy atom. The first kappa shape index (κ1) is 11.7. The molecule has 0 radical (unpaired) electrons. The Balaban J connectivity index is 2.56. The second kappa shape index (κ2) is 6.17. The van der Waals surface area contributed by atoms with Gasteiger partial charge < -0.3 is 9.90 Å². The van der Waals surface area contributed by atoms with Crippen molar-refractivity contribution in [3.05, 3.63) is 29.6 Å². The highest BCUT2D eigenvalue weighted by Crippen LogP contribution is 2.09. The van der Waals surface area contributed by atoms with Crippen molar-refractivity contribution >= 4 is 5.97 Å². The van der Waals surface area contributed by atoms with Crippen LogP contribution in [-0.4, -0.2) is 11.0 Å². The fourth-order valence-electron chi connectivity index (χ4n) is 1.54. The Morgan fingerprint density at radius 2 is 2.20 bits per heavy atom. The smallest absolute Gasteiger partial charge is 0.0733 e. The number of aromatic carboxylic acids is 1. The first-order valence-corrected chi connectivity index (χ1v) is 5.41. The van der Waals surface area contributed by atoms with E-state index in [1.54, 1.807) is 18.3 Å². The largest absolute Gasteiger partial charge is 0.545 e. The third-order valence-electron chi connectivity index (χ3n) is 2.38. The van der Waals surface area contributed by atoms with E-state index in [0.717, 1.165) is 19.3 Å². The van der Waals surface area contributed by atoms with Gasteiger partial charge in [-0.15, -0.1) is 0 Å². The molecular weight excluding hydrogens is 190 g/mol. The van der Waals surface area contributed by atoms with Gasteiger partial charge in [0.15, 0.2) is 0 Å². The van der Waals surface area contributed by atoms with Crippen molar-refractivity contribution < 1.29 is 9.90 Å². The molecule has 0 atom stereocenters. The molecule has 0 spiro atoms. The summed E-state index contributed by atoms with van der Waals surface area (Å²) >= 11 is 0. The summed E-state index contributed by atoms with van der Waals surface area (Å²) in [6.07, 6.45) is 6.83. The van der Waals surface area contributed by atoms with E-state index in [0.29, 0.717) is 5.69 Å². The quantitative estimate of drug-likeness (QED) is 0.664.